The van der Waals surface area contributed by atoms with Crippen molar-refractivity contribution >= 4 is 51.2 Å². The van der Waals surface area contributed by atoms with Gasteiger partial charge >= 0.3 is 0 Å². The number of nitrogens with one attached hydrogen (secondary N) is 2. The quantitative estimate of drug-likeness (QED) is 0.180. The van der Waals surface area contributed by atoms with Crippen molar-refractivity contribution < 1.29 is 8.78 Å². The van der Waals surface area contributed by atoms with E-state index in [0.29, 0.717) is 38.0 Å². The number of anilines is 3. The van der Waals surface area contributed by atoms with Gasteiger partial charge in [0, 0.05) is 52.7 Å². The van der Waals surface area contributed by atoms with E-state index in [1.165, 1.54) is 6.20 Å². The summed E-state index contributed by atoms with van der Waals surface area (Å²) in [6, 6.07) is 16.0. The van der Waals surface area contributed by atoms with Gasteiger partial charge in [0.15, 0.2) is 0 Å². The molecule has 0 unspecified atom stereocenters. The Morgan fingerprint density at radius 1 is 0.978 bits per heavy atom. The van der Waals surface area contributed by atoms with E-state index in [9.17, 15) is 14.0 Å². The first-order chi connectivity index (χ1) is 22.0. The zero-order chi connectivity index (χ0) is 32.6. The number of benzene rings is 3. The van der Waals surface area contributed by atoms with E-state index in [2.05, 4.69) is 57.7 Å². The minimum Gasteiger partial charge on any atom is -0.373 e. The average Bonchev–Trinajstić information content (AvgIpc) is 3.50. The third-order valence-electron chi connectivity index (χ3n) is 8.30. The van der Waals surface area contributed by atoms with Gasteiger partial charge < -0.3 is 10.6 Å². The Morgan fingerprint density at radius 3 is 2.33 bits per heavy atom. The number of hydrogen-bond acceptors (Lipinski definition) is 7. The van der Waals surface area contributed by atoms with Crippen LogP contribution in [-0.2, 0) is 0 Å². The molecule has 1 atom stereocenters. The summed E-state index contributed by atoms with van der Waals surface area (Å²) >= 11 is 13.0. The Balaban J connectivity index is 1.36. The van der Waals surface area contributed by atoms with Crippen LogP contribution in [-0.4, -0.2) is 43.5 Å². The lowest BCUT2D eigenvalue weighted by molar-refractivity contribution is 0.0866. The molecule has 0 saturated carbocycles. The van der Waals surface area contributed by atoms with E-state index < -0.39 is 17.7 Å². The Morgan fingerprint density at radius 2 is 1.67 bits per heavy atom. The minimum absolute atomic E-state index is 0.121. The van der Waals surface area contributed by atoms with Crippen LogP contribution in [0.4, 0.5) is 25.8 Å². The second-order valence-corrected chi connectivity index (χ2v) is 13.3. The van der Waals surface area contributed by atoms with Crippen LogP contribution in [0.25, 0.3) is 10.9 Å². The molecule has 2 N–H and O–H groups in total. The second-order valence-electron chi connectivity index (χ2n) is 12.4. The summed E-state index contributed by atoms with van der Waals surface area (Å²) < 4.78 is 30.0. The summed E-state index contributed by atoms with van der Waals surface area (Å²) in [6.45, 7) is 8.67. The van der Waals surface area contributed by atoms with Gasteiger partial charge in [-0.25, -0.2) is 13.5 Å². The van der Waals surface area contributed by atoms with Gasteiger partial charge in [-0.1, -0.05) is 40.5 Å². The maximum atomic E-state index is 14.0. The first-order valence-electron chi connectivity index (χ1n) is 14.9. The number of fused-ring (bicyclic) bond motifs is 1. The van der Waals surface area contributed by atoms with E-state index in [0.717, 1.165) is 49.7 Å². The zero-order valence-corrected chi connectivity index (χ0v) is 27.0. The molecule has 46 heavy (non-hydrogen) atoms. The Bertz CT molecular complexity index is 1900. The van der Waals surface area contributed by atoms with Crippen LogP contribution in [0.3, 0.4) is 0 Å². The molecular formula is C34H32Cl2F2N8. The van der Waals surface area contributed by atoms with Gasteiger partial charge in [0.05, 0.1) is 40.1 Å². The van der Waals surface area contributed by atoms with Crippen molar-refractivity contribution in [1.82, 2.24) is 24.9 Å². The number of pyridine rings is 1. The summed E-state index contributed by atoms with van der Waals surface area (Å²) in [5.41, 5.74) is 3.38. The molecular weight excluding hydrogens is 629 g/mol. The molecule has 1 fully saturated rings. The predicted molar refractivity (Wildman–Crippen MR) is 178 cm³/mol. The second kappa shape index (κ2) is 12.8. The van der Waals surface area contributed by atoms with Crippen molar-refractivity contribution in [3.63, 3.8) is 0 Å². The van der Waals surface area contributed by atoms with E-state index in [4.69, 9.17) is 23.2 Å². The van der Waals surface area contributed by atoms with Gasteiger partial charge in [-0.3, -0.25) is 9.88 Å². The highest BCUT2D eigenvalue weighted by Gasteiger charge is 2.29. The van der Waals surface area contributed by atoms with Crippen molar-refractivity contribution in [2.45, 2.75) is 51.2 Å². The highest BCUT2D eigenvalue weighted by molar-refractivity contribution is 6.36. The Kier molecular flexibility index (Phi) is 8.84. The fourth-order valence-electron chi connectivity index (χ4n) is 5.88. The molecule has 0 radical (unpaired) electrons. The number of halogens is 4. The zero-order valence-electron chi connectivity index (χ0n) is 25.5. The van der Waals surface area contributed by atoms with Crippen molar-refractivity contribution in [2.24, 2.45) is 0 Å². The summed E-state index contributed by atoms with van der Waals surface area (Å²) in [7, 11) is 0. The SMILES string of the molecule is CC(C)(C)N1CCC(n2cc([C@@H](Nc3cc(Cl)c4ncc(C#N)c(Nc5cc(F)cc(F)c5)c4c3)c3ccc(Cl)cc3)nn2)CC1. The van der Waals surface area contributed by atoms with E-state index in [1.807, 2.05) is 35.1 Å². The van der Waals surface area contributed by atoms with E-state index in [1.54, 1.807) is 12.1 Å². The molecule has 0 spiro atoms. The summed E-state index contributed by atoms with van der Waals surface area (Å²) in [5, 5.41) is 27.0. The first-order valence-corrected chi connectivity index (χ1v) is 15.7. The number of nitriles is 1. The minimum atomic E-state index is -0.752. The van der Waals surface area contributed by atoms with Gasteiger partial charge in [-0.05, 0) is 75.6 Å². The first kappa shape index (κ1) is 31.7. The molecule has 0 bridgehead atoms. The Labute approximate surface area is 275 Å². The third kappa shape index (κ3) is 6.77. The molecule has 0 amide bonds. The van der Waals surface area contributed by atoms with Crippen LogP contribution in [0.5, 0.6) is 0 Å². The fraction of sp³-hybridized carbons (Fsp3) is 0.294. The van der Waals surface area contributed by atoms with Crippen LogP contribution in [0.15, 0.2) is 67.0 Å². The molecule has 0 aliphatic carbocycles. The van der Waals surface area contributed by atoms with E-state index >= 15 is 0 Å². The van der Waals surface area contributed by atoms with Crippen molar-refractivity contribution in [2.75, 3.05) is 23.7 Å². The normalized spacial score (nSPS) is 15.1. The smallest absolute Gasteiger partial charge is 0.128 e. The number of rotatable bonds is 7. The number of likely N-dealkylation sites (tertiary alicyclic amines) is 1. The lowest BCUT2D eigenvalue weighted by Crippen LogP contribution is -2.46. The number of aromatic nitrogens is 4. The fourth-order valence-corrected chi connectivity index (χ4v) is 6.28. The van der Waals surface area contributed by atoms with Crippen molar-refractivity contribution in [3.05, 3.63) is 105 Å². The molecule has 3 heterocycles. The maximum Gasteiger partial charge on any atom is 0.128 e. The van der Waals surface area contributed by atoms with Crippen LogP contribution < -0.4 is 10.6 Å². The molecule has 8 nitrogen and oxygen atoms in total. The van der Waals surface area contributed by atoms with Crippen molar-refractivity contribution in [1.29, 1.82) is 5.26 Å². The predicted octanol–water partition coefficient (Wildman–Crippen LogP) is 8.66. The molecule has 1 aliphatic rings. The van der Waals surface area contributed by atoms with Crippen LogP contribution in [0.2, 0.25) is 10.0 Å². The highest BCUT2D eigenvalue weighted by Crippen LogP contribution is 2.37. The van der Waals surface area contributed by atoms with Crippen LogP contribution in [0.1, 0.15) is 62.5 Å². The van der Waals surface area contributed by atoms with Gasteiger partial charge in [-0.2, -0.15) is 5.26 Å². The molecule has 2 aromatic heterocycles. The summed E-state index contributed by atoms with van der Waals surface area (Å²) in [6.07, 6.45) is 5.30. The van der Waals surface area contributed by atoms with Crippen molar-refractivity contribution in [3.8, 4) is 6.07 Å². The van der Waals surface area contributed by atoms with Gasteiger partial charge in [-0.15, -0.1) is 5.10 Å². The standard InChI is InChI=1S/C34H32Cl2F2N8/c1-34(2,3)45-10-8-27(9-11-45)46-19-30(43-44-46)32(20-4-6-22(35)7-5-20)42-26-15-28-31(41-25-13-23(37)12-24(38)14-25)21(17-39)18-40-33(28)29(36)16-26/h4-7,12-16,18-19,27,32,42H,8-11H2,1-3H3,(H,40,41)/t32-/m0/s1. The lowest BCUT2D eigenvalue weighted by Gasteiger charge is -2.40. The lowest BCUT2D eigenvalue weighted by atomic mass is 9.98. The monoisotopic (exact) mass is 660 g/mol. The molecule has 3 aromatic carbocycles. The van der Waals surface area contributed by atoms with E-state index in [-0.39, 0.29) is 22.8 Å². The summed E-state index contributed by atoms with van der Waals surface area (Å²) in [5.74, 6) is -1.50. The van der Waals surface area contributed by atoms with Crippen LogP contribution >= 0.6 is 23.2 Å². The topological polar surface area (TPSA) is 94.7 Å². The molecule has 12 heteroatoms. The number of nitrogens with zero attached hydrogens (tertiary/aromatic N) is 6. The molecule has 6 rings (SSSR count). The van der Waals surface area contributed by atoms with Gasteiger partial charge in [0.2, 0.25) is 0 Å². The van der Waals surface area contributed by atoms with Gasteiger partial charge in [0.25, 0.3) is 0 Å². The van der Waals surface area contributed by atoms with Gasteiger partial charge in [0.1, 0.15) is 23.4 Å². The highest BCUT2D eigenvalue weighted by atomic mass is 35.5. The largest absolute Gasteiger partial charge is 0.373 e. The molecule has 5 aromatic rings. The summed E-state index contributed by atoms with van der Waals surface area (Å²) in [4.78, 5) is 6.89. The third-order valence-corrected chi connectivity index (χ3v) is 8.84. The molecule has 236 valence electrons. The van der Waals surface area contributed by atoms with Crippen LogP contribution in [0, 0.1) is 23.0 Å². The maximum absolute atomic E-state index is 14.0. The molecule has 1 aliphatic heterocycles. The number of hydrogen-bond donors (Lipinski definition) is 2. The number of piperidine rings is 1. The Hall–Kier alpha value is -4.30. The molecule has 1 saturated heterocycles. The average molecular weight is 662 g/mol.